The van der Waals surface area contributed by atoms with E-state index in [0.29, 0.717) is 6.04 Å². The van der Waals surface area contributed by atoms with Crippen molar-refractivity contribution in [3.05, 3.63) is 35.9 Å². The van der Waals surface area contributed by atoms with Crippen molar-refractivity contribution in [2.45, 2.75) is 57.5 Å². The lowest BCUT2D eigenvalue weighted by molar-refractivity contribution is 0.0812. The van der Waals surface area contributed by atoms with Crippen LogP contribution in [0.1, 0.15) is 51.5 Å². The van der Waals surface area contributed by atoms with Crippen molar-refractivity contribution in [3.63, 3.8) is 0 Å². The maximum absolute atomic E-state index is 3.81. The lowest BCUT2D eigenvalue weighted by Crippen LogP contribution is -2.61. The van der Waals surface area contributed by atoms with Crippen molar-refractivity contribution in [1.82, 2.24) is 10.2 Å². The highest BCUT2D eigenvalue weighted by atomic mass is 15.2. The molecule has 1 aromatic carbocycles. The highest BCUT2D eigenvalue weighted by molar-refractivity contribution is 5.25. The fourth-order valence-electron chi connectivity index (χ4n) is 3.72. The summed E-state index contributed by atoms with van der Waals surface area (Å²) in [5, 5.41) is 3.81. The van der Waals surface area contributed by atoms with E-state index in [1.54, 1.807) is 0 Å². The number of nitrogens with zero attached hydrogens (tertiary/aromatic N) is 1. The van der Waals surface area contributed by atoms with Crippen LogP contribution in [0.25, 0.3) is 0 Å². The molecular formula is C19H30N2. The summed E-state index contributed by atoms with van der Waals surface area (Å²) in [6.45, 7) is 8.22. The van der Waals surface area contributed by atoms with Crippen molar-refractivity contribution < 1.29 is 0 Å². The van der Waals surface area contributed by atoms with Crippen LogP contribution >= 0.6 is 0 Å². The Kier molecular flexibility index (Phi) is 4.66. The molecule has 0 aromatic heterocycles. The molecule has 2 heteroatoms. The van der Waals surface area contributed by atoms with Gasteiger partial charge in [0.2, 0.25) is 0 Å². The summed E-state index contributed by atoms with van der Waals surface area (Å²) in [7, 11) is 0. The maximum atomic E-state index is 3.81. The Bertz CT molecular complexity index is 440. The van der Waals surface area contributed by atoms with Crippen molar-refractivity contribution in [2.75, 3.05) is 19.6 Å². The first-order chi connectivity index (χ1) is 10.2. The molecule has 1 heterocycles. The van der Waals surface area contributed by atoms with Crippen molar-refractivity contribution >= 4 is 0 Å². The molecule has 21 heavy (non-hydrogen) atoms. The summed E-state index contributed by atoms with van der Waals surface area (Å²) in [6.07, 6.45) is 7.05. The molecule has 0 radical (unpaired) electrons. The van der Waals surface area contributed by atoms with Crippen LogP contribution in [0.2, 0.25) is 0 Å². The summed E-state index contributed by atoms with van der Waals surface area (Å²) >= 11 is 0. The van der Waals surface area contributed by atoms with E-state index in [1.165, 1.54) is 44.2 Å². The van der Waals surface area contributed by atoms with Gasteiger partial charge in [-0.1, -0.05) is 50.1 Å². The molecule has 1 N–H and O–H groups in total. The van der Waals surface area contributed by atoms with Crippen LogP contribution in [0, 0.1) is 5.92 Å². The zero-order chi connectivity index (χ0) is 14.7. The van der Waals surface area contributed by atoms with E-state index in [4.69, 9.17) is 0 Å². The Morgan fingerprint density at radius 1 is 1.24 bits per heavy atom. The van der Waals surface area contributed by atoms with E-state index < -0.39 is 0 Å². The van der Waals surface area contributed by atoms with Crippen LogP contribution in [0.5, 0.6) is 0 Å². The van der Waals surface area contributed by atoms with Gasteiger partial charge < -0.3 is 5.32 Å². The molecule has 3 rings (SSSR count). The lowest BCUT2D eigenvalue weighted by atomic mass is 9.87. The number of piperazine rings is 1. The lowest BCUT2D eigenvalue weighted by Gasteiger charge is -2.46. The topological polar surface area (TPSA) is 15.3 Å². The van der Waals surface area contributed by atoms with Crippen LogP contribution in [0.4, 0.5) is 0 Å². The number of hydrogen-bond acceptors (Lipinski definition) is 2. The average molecular weight is 286 g/mol. The maximum Gasteiger partial charge on any atom is 0.0535 e. The van der Waals surface area contributed by atoms with Gasteiger partial charge >= 0.3 is 0 Å². The van der Waals surface area contributed by atoms with E-state index in [9.17, 15) is 0 Å². The predicted octanol–water partition coefficient (Wildman–Crippen LogP) is 3.78. The third kappa shape index (κ3) is 3.67. The fraction of sp³-hybridized carbons (Fsp3) is 0.684. The number of benzene rings is 1. The van der Waals surface area contributed by atoms with Crippen LogP contribution in [0.3, 0.4) is 0 Å². The largest absolute Gasteiger partial charge is 0.305 e. The minimum absolute atomic E-state index is 0.104. The molecule has 1 aliphatic heterocycles. The van der Waals surface area contributed by atoms with Gasteiger partial charge in [-0.05, 0) is 44.2 Å². The number of nitrogens with one attached hydrogen (secondary N) is 1. The molecule has 1 saturated heterocycles. The minimum Gasteiger partial charge on any atom is -0.305 e. The van der Waals surface area contributed by atoms with Gasteiger partial charge in [-0.15, -0.1) is 0 Å². The molecular weight excluding hydrogens is 256 g/mol. The Labute approximate surface area is 129 Å². The second-order valence-electron chi connectivity index (χ2n) is 7.20. The molecule has 0 spiro atoms. The number of rotatable bonds is 6. The predicted molar refractivity (Wildman–Crippen MR) is 89.4 cm³/mol. The van der Waals surface area contributed by atoms with Crippen LogP contribution in [-0.2, 0) is 5.54 Å². The zero-order valence-corrected chi connectivity index (χ0v) is 13.6. The molecule has 116 valence electrons. The highest BCUT2D eigenvalue weighted by Crippen LogP contribution is 2.34. The van der Waals surface area contributed by atoms with Gasteiger partial charge in [0.05, 0.1) is 5.54 Å². The fourth-order valence-corrected chi connectivity index (χ4v) is 3.72. The Morgan fingerprint density at radius 3 is 2.67 bits per heavy atom. The SMILES string of the molecule is CCC1CNC(C)(c2ccccc2)CN1CCCC1CC1. The summed E-state index contributed by atoms with van der Waals surface area (Å²) in [5.74, 6) is 1.06. The third-order valence-corrected chi connectivity index (χ3v) is 5.40. The van der Waals surface area contributed by atoms with Crippen molar-refractivity contribution in [1.29, 1.82) is 0 Å². The zero-order valence-electron chi connectivity index (χ0n) is 13.6. The van der Waals surface area contributed by atoms with E-state index >= 15 is 0 Å². The highest BCUT2D eigenvalue weighted by Gasteiger charge is 2.36. The quantitative estimate of drug-likeness (QED) is 0.856. The first-order valence-corrected chi connectivity index (χ1v) is 8.76. The first kappa shape index (κ1) is 15.1. The molecule has 1 aliphatic carbocycles. The summed E-state index contributed by atoms with van der Waals surface area (Å²) in [4.78, 5) is 2.74. The normalized spacial score (nSPS) is 30.5. The van der Waals surface area contributed by atoms with Gasteiger partial charge in [0.1, 0.15) is 0 Å². The van der Waals surface area contributed by atoms with E-state index in [0.717, 1.165) is 19.0 Å². The first-order valence-electron chi connectivity index (χ1n) is 8.76. The van der Waals surface area contributed by atoms with E-state index in [-0.39, 0.29) is 5.54 Å². The molecule has 0 bridgehead atoms. The molecule has 0 amide bonds. The number of hydrogen-bond donors (Lipinski definition) is 1. The van der Waals surface area contributed by atoms with E-state index in [2.05, 4.69) is 54.4 Å². The Balaban J connectivity index is 1.64. The second kappa shape index (κ2) is 6.50. The van der Waals surface area contributed by atoms with Crippen LogP contribution in [0.15, 0.2) is 30.3 Å². The van der Waals surface area contributed by atoms with Crippen LogP contribution < -0.4 is 5.32 Å². The summed E-state index contributed by atoms with van der Waals surface area (Å²) in [6, 6.07) is 11.7. The smallest absolute Gasteiger partial charge is 0.0535 e. The van der Waals surface area contributed by atoms with Crippen LogP contribution in [-0.4, -0.2) is 30.6 Å². The van der Waals surface area contributed by atoms with Gasteiger partial charge in [-0.3, -0.25) is 4.90 Å². The average Bonchev–Trinajstić information content (AvgIpc) is 3.33. The van der Waals surface area contributed by atoms with Gasteiger partial charge in [0.15, 0.2) is 0 Å². The molecule has 1 saturated carbocycles. The third-order valence-electron chi connectivity index (χ3n) is 5.40. The molecule has 2 unspecified atom stereocenters. The molecule has 1 aromatic rings. The van der Waals surface area contributed by atoms with Crippen molar-refractivity contribution in [2.24, 2.45) is 5.92 Å². The van der Waals surface area contributed by atoms with Crippen molar-refractivity contribution in [3.8, 4) is 0 Å². The second-order valence-corrected chi connectivity index (χ2v) is 7.20. The van der Waals surface area contributed by atoms with Gasteiger partial charge in [-0.2, -0.15) is 0 Å². The minimum atomic E-state index is 0.104. The molecule has 2 atom stereocenters. The monoisotopic (exact) mass is 286 g/mol. The Hall–Kier alpha value is -0.860. The molecule has 2 aliphatic rings. The summed E-state index contributed by atoms with van der Waals surface area (Å²) < 4.78 is 0. The van der Waals surface area contributed by atoms with Gasteiger partial charge in [-0.25, -0.2) is 0 Å². The van der Waals surface area contributed by atoms with Gasteiger partial charge in [0.25, 0.3) is 0 Å². The van der Waals surface area contributed by atoms with E-state index in [1.807, 2.05) is 0 Å². The molecule has 2 nitrogen and oxygen atoms in total. The molecule has 2 fully saturated rings. The Morgan fingerprint density at radius 2 is 2.00 bits per heavy atom. The van der Waals surface area contributed by atoms with Gasteiger partial charge in [0, 0.05) is 19.1 Å². The standard InChI is InChI=1S/C19H30N2/c1-3-18-14-20-19(2,17-9-5-4-6-10-17)15-21(18)13-7-8-16-11-12-16/h4-6,9-10,16,18,20H,3,7-8,11-15H2,1-2H3. The summed E-state index contributed by atoms with van der Waals surface area (Å²) in [5.41, 5.74) is 1.53.